The average Bonchev–Trinajstić information content (AvgIpc) is 2.43. The largest absolute Gasteiger partial charge is 0.435 e. The fourth-order valence-corrected chi connectivity index (χ4v) is 2.53. The average molecular weight is 299 g/mol. The van der Waals surface area contributed by atoms with Crippen LogP contribution in [0.15, 0.2) is 24.3 Å². The van der Waals surface area contributed by atoms with Crippen molar-refractivity contribution in [1.29, 1.82) is 0 Å². The van der Waals surface area contributed by atoms with Crippen molar-refractivity contribution in [3.63, 3.8) is 0 Å². The number of alkyl halides is 2. The molecule has 0 spiro atoms. The second-order valence-corrected chi connectivity index (χ2v) is 5.24. The summed E-state index contributed by atoms with van der Waals surface area (Å²) >= 11 is 0. The first-order valence-electron chi connectivity index (χ1n) is 7.04. The summed E-state index contributed by atoms with van der Waals surface area (Å²) < 4.78 is 29.0. The second-order valence-electron chi connectivity index (χ2n) is 5.24. The van der Waals surface area contributed by atoms with Gasteiger partial charge in [0.2, 0.25) is 5.91 Å². The van der Waals surface area contributed by atoms with E-state index in [0.29, 0.717) is 18.4 Å². The van der Waals surface area contributed by atoms with Crippen molar-refractivity contribution in [2.45, 2.75) is 50.9 Å². The van der Waals surface area contributed by atoms with Gasteiger partial charge in [-0.3, -0.25) is 4.79 Å². The number of hydrogen-bond donors (Lipinski definition) is 2. The summed E-state index contributed by atoms with van der Waals surface area (Å²) in [6.07, 6.45) is 2.55. The molecule has 1 saturated carbocycles. The van der Waals surface area contributed by atoms with E-state index in [4.69, 9.17) is 0 Å². The molecule has 0 aliphatic heterocycles. The third-order valence-electron chi connectivity index (χ3n) is 3.60. The predicted molar refractivity (Wildman–Crippen MR) is 73.2 cm³/mol. The molecule has 0 bridgehead atoms. The van der Waals surface area contributed by atoms with Gasteiger partial charge in [0.05, 0.1) is 12.5 Å². The fraction of sp³-hybridized carbons (Fsp3) is 0.533. The van der Waals surface area contributed by atoms with Gasteiger partial charge >= 0.3 is 6.61 Å². The predicted octanol–water partition coefficient (Wildman–Crippen LogP) is 2.25. The van der Waals surface area contributed by atoms with Crippen LogP contribution in [0.5, 0.6) is 5.75 Å². The highest BCUT2D eigenvalue weighted by atomic mass is 19.3. The Hall–Kier alpha value is -1.69. The number of para-hydroxylation sites is 1. The minimum Gasteiger partial charge on any atom is -0.435 e. The highest BCUT2D eigenvalue weighted by Crippen LogP contribution is 2.22. The summed E-state index contributed by atoms with van der Waals surface area (Å²) in [5.41, 5.74) is 0.436. The van der Waals surface area contributed by atoms with Crippen molar-refractivity contribution in [2.24, 2.45) is 0 Å². The first kappa shape index (κ1) is 15.7. The maximum atomic E-state index is 12.3. The van der Waals surface area contributed by atoms with Gasteiger partial charge in [0.1, 0.15) is 5.75 Å². The van der Waals surface area contributed by atoms with Crippen molar-refractivity contribution in [1.82, 2.24) is 5.32 Å². The monoisotopic (exact) mass is 299 g/mol. The molecule has 0 unspecified atom stereocenters. The lowest BCUT2D eigenvalue weighted by Crippen LogP contribution is -2.39. The van der Waals surface area contributed by atoms with Gasteiger partial charge in [-0.15, -0.1) is 0 Å². The maximum Gasteiger partial charge on any atom is 0.387 e. The van der Waals surface area contributed by atoms with E-state index in [1.54, 1.807) is 18.2 Å². The molecule has 2 N–H and O–H groups in total. The highest BCUT2D eigenvalue weighted by Gasteiger charge is 2.21. The Balaban J connectivity index is 1.90. The van der Waals surface area contributed by atoms with Gasteiger partial charge in [0.25, 0.3) is 0 Å². The number of hydrogen-bond acceptors (Lipinski definition) is 3. The third-order valence-corrected chi connectivity index (χ3v) is 3.60. The van der Waals surface area contributed by atoms with E-state index in [1.807, 2.05) is 0 Å². The van der Waals surface area contributed by atoms with Crippen LogP contribution >= 0.6 is 0 Å². The lowest BCUT2D eigenvalue weighted by molar-refractivity contribution is -0.121. The molecule has 0 aromatic heterocycles. The number of nitrogens with one attached hydrogen (secondary N) is 1. The molecule has 1 aromatic carbocycles. The molecule has 0 heterocycles. The standard InChI is InChI=1S/C15H19F2NO3/c16-15(17)21-13-4-2-1-3-10(13)9-14(20)18-11-5-7-12(19)8-6-11/h1-4,11-12,15,19H,5-9H2,(H,18,20). The van der Waals surface area contributed by atoms with E-state index in [9.17, 15) is 18.7 Å². The topological polar surface area (TPSA) is 58.6 Å². The summed E-state index contributed by atoms with van der Waals surface area (Å²) in [5, 5.41) is 12.3. The maximum absolute atomic E-state index is 12.3. The van der Waals surface area contributed by atoms with Crippen LogP contribution < -0.4 is 10.1 Å². The van der Waals surface area contributed by atoms with E-state index < -0.39 is 6.61 Å². The molecule has 4 nitrogen and oxygen atoms in total. The number of halogens is 2. The zero-order valence-electron chi connectivity index (χ0n) is 11.6. The Morgan fingerprint density at radius 1 is 1.29 bits per heavy atom. The molecular formula is C15H19F2NO3. The number of amides is 1. The van der Waals surface area contributed by atoms with Crippen molar-refractivity contribution in [2.75, 3.05) is 0 Å². The van der Waals surface area contributed by atoms with Crippen molar-refractivity contribution < 1.29 is 23.4 Å². The van der Waals surface area contributed by atoms with Gasteiger partial charge in [-0.05, 0) is 31.7 Å². The molecule has 0 saturated heterocycles. The minimum atomic E-state index is -2.91. The van der Waals surface area contributed by atoms with Gasteiger partial charge < -0.3 is 15.2 Å². The Labute approximate surface area is 122 Å². The number of ether oxygens (including phenoxy) is 1. The van der Waals surface area contributed by atoms with Crippen molar-refractivity contribution in [3.05, 3.63) is 29.8 Å². The number of aliphatic hydroxyl groups is 1. The molecule has 0 radical (unpaired) electrons. The van der Waals surface area contributed by atoms with Crippen LogP contribution in [0, 0.1) is 0 Å². The van der Waals surface area contributed by atoms with Gasteiger partial charge in [-0.25, -0.2) is 0 Å². The van der Waals surface area contributed by atoms with Crippen LogP contribution in [-0.4, -0.2) is 29.8 Å². The summed E-state index contributed by atoms with van der Waals surface area (Å²) in [5.74, 6) is -0.191. The van der Waals surface area contributed by atoms with E-state index in [2.05, 4.69) is 10.1 Å². The molecule has 1 aromatic rings. The number of carbonyl (C=O) groups excluding carboxylic acids is 1. The fourth-order valence-electron chi connectivity index (χ4n) is 2.53. The lowest BCUT2D eigenvalue weighted by Gasteiger charge is -2.26. The molecule has 2 rings (SSSR count). The number of benzene rings is 1. The Bertz CT molecular complexity index is 474. The van der Waals surface area contributed by atoms with Gasteiger partial charge in [-0.1, -0.05) is 18.2 Å². The van der Waals surface area contributed by atoms with Crippen LogP contribution in [0.2, 0.25) is 0 Å². The minimum absolute atomic E-state index is 0.00193. The van der Waals surface area contributed by atoms with Crippen LogP contribution in [0.3, 0.4) is 0 Å². The number of rotatable bonds is 5. The van der Waals surface area contributed by atoms with E-state index in [1.165, 1.54) is 6.07 Å². The van der Waals surface area contributed by atoms with Crippen LogP contribution in [-0.2, 0) is 11.2 Å². The second kappa shape index (κ2) is 7.36. The normalized spacial score (nSPS) is 22.1. The van der Waals surface area contributed by atoms with Crippen molar-refractivity contribution in [3.8, 4) is 5.75 Å². The first-order chi connectivity index (χ1) is 10.0. The van der Waals surface area contributed by atoms with Crippen molar-refractivity contribution >= 4 is 5.91 Å². The molecule has 116 valence electrons. The molecule has 0 atom stereocenters. The smallest absolute Gasteiger partial charge is 0.387 e. The van der Waals surface area contributed by atoms with Crippen LogP contribution in [0.25, 0.3) is 0 Å². The molecule has 1 amide bonds. The zero-order valence-corrected chi connectivity index (χ0v) is 11.6. The zero-order chi connectivity index (χ0) is 15.2. The first-order valence-corrected chi connectivity index (χ1v) is 7.04. The molecular weight excluding hydrogens is 280 g/mol. The van der Waals surface area contributed by atoms with Gasteiger partial charge in [0.15, 0.2) is 0 Å². The summed E-state index contributed by atoms with van der Waals surface area (Å²) in [6, 6.07) is 6.33. The van der Waals surface area contributed by atoms with E-state index in [0.717, 1.165) is 12.8 Å². The van der Waals surface area contributed by atoms with Gasteiger partial charge in [0, 0.05) is 11.6 Å². The SMILES string of the molecule is O=C(Cc1ccccc1OC(F)F)NC1CCC(O)CC1. The Morgan fingerprint density at radius 2 is 1.95 bits per heavy atom. The highest BCUT2D eigenvalue weighted by molar-refractivity contribution is 5.79. The van der Waals surface area contributed by atoms with Crippen LogP contribution in [0.1, 0.15) is 31.2 Å². The van der Waals surface area contributed by atoms with E-state index in [-0.39, 0.29) is 30.2 Å². The molecule has 21 heavy (non-hydrogen) atoms. The number of aliphatic hydroxyl groups excluding tert-OH is 1. The Morgan fingerprint density at radius 3 is 2.62 bits per heavy atom. The lowest BCUT2D eigenvalue weighted by atomic mass is 9.93. The molecule has 6 heteroatoms. The Kier molecular flexibility index (Phi) is 5.50. The molecule has 1 fully saturated rings. The summed E-state index contributed by atoms with van der Waals surface area (Å²) in [6.45, 7) is -2.91. The third kappa shape index (κ3) is 4.97. The van der Waals surface area contributed by atoms with Crippen LogP contribution in [0.4, 0.5) is 8.78 Å². The molecule has 1 aliphatic rings. The van der Waals surface area contributed by atoms with Gasteiger partial charge in [-0.2, -0.15) is 8.78 Å². The number of carbonyl (C=O) groups is 1. The summed E-state index contributed by atoms with van der Waals surface area (Å²) in [7, 11) is 0. The summed E-state index contributed by atoms with van der Waals surface area (Å²) in [4.78, 5) is 12.0. The van der Waals surface area contributed by atoms with E-state index >= 15 is 0 Å². The molecule has 1 aliphatic carbocycles. The quantitative estimate of drug-likeness (QED) is 0.876.